The smallest absolute Gasteiger partial charge is 0.267 e. The van der Waals surface area contributed by atoms with Crippen LogP contribution in [0, 0.1) is 35.8 Å². The Balaban J connectivity index is 1.86. The minimum atomic E-state index is -3.75. The SMILES string of the molecule is CCC(C)CC(C)Nc1c(-n2c(C(Cc3cc(F)cc(F)c3)C(C)C)nc3nc(C4CCC(F)(F)CC4)cc(C)c3c2=O)ccc(Cl)c1C(=N)C(C)S(C)(=O)=O. The molecule has 5 rings (SSSR count). The van der Waals surface area contributed by atoms with Gasteiger partial charge in [-0.1, -0.05) is 45.7 Å². The highest BCUT2D eigenvalue weighted by Gasteiger charge is 2.37. The molecule has 56 heavy (non-hydrogen) atoms. The molecule has 0 aliphatic heterocycles. The molecule has 0 spiro atoms. The molecule has 4 atom stereocenters. The molecule has 1 fully saturated rings. The summed E-state index contributed by atoms with van der Waals surface area (Å²) in [6, 6.07) is 7.93. The molecule has 0 radical (unpaired) electrons. The van der Waals surface area contributed by atoms with Crippen LogP contribution in [0.25, 0.3) is 16.7 Å². The number of benzene rings is 2. The van der Waals surface area contributed by atoms with E-state index in [-0.39, 0.29) is 94.5 Å². The van der Waals surface area contributed by atoms with Crippen LogP contribution in [0.2, 0.25) is 5.02 Å². The van der Waals surface area contributed by atoms with Crippen molar-refractivity contribution in [2.45, 2.75) is 122 Å². The molecule has 8 nitrogen and oxygen atoms in total. The molecule has 4 unspecified atom stereocenters. The lowest BCUT2D eigenvalue weighted by atomic mass is 9.84. The fourth-order valence-electron chi connectivity index (χ4n) is 7.69. The molecular weight excluding hydrogens is 766 g/mol. The normalized spacial score (nSPS) is 17.2. The first-order chi connectivity index (χ1) is 26.1. The van der Waals surface area contributed by atoms with Gasteiger partial charge in [-0.05, 0) is 99.7 Å². The average Bonchev–Trinajstić information content (AvgIpc) is 3.09. The van der Waals surface area contributed by atoms with Gasteiger partial charge in [0, 0.05) is 54.3 Å². The molecule has 2 N–H and O–H groups in total. The van der Waals surface area contributed by atoms with Gasteiger partial charge < -0.3 is 10.7 Å². The molecule has 2 heterocycles. The van der Waals surface area contributed by atoms with Crippen LogP contribution in [0.4, 0.5) is 23.2 Å². The summed E-state index contributed by atoms with van der Waals surface area (Å²) in [5.74, 6) is -4.88. The predicted molar refractivity (Wildman–Crippen MR) is 217 cm³/mol. The number of fused-ring (bicyclic) bond motifs is 1. The standard InChI is InChI=1S/C42H52ClF4N5O3S/c1-9-23(4)16-25(6)49-38-34(11-10-32(43)36(38)37(48)26(7)56(8,54)55)52-40(31(22(2)3)20-27-18-29(44)21-30(45)19-27)51-39-35(41(52)53)24(5)17-33(50-39)28-12-14-42(46,47)15-13-28/h10-11,17-19,21-23,25-26,28,31,48-49H,9,12-16,20H2,1-8H3. The van der Waals surface area contributed by atoms with Gasteiger partial charge in [0.15, 0.2) is 15.5 Å². The van der Waals surface area contributed by atoms with E-state index in [2.05, 4.69) is 19.2 Å². The number of halogens is 5. The highest BCUT2D eigenvalue weighted by molar-refractivity contribution is 7.92. The summed E-state index contributed by atoms with van der Waals surface area (Å²) in [5, 5.41) is 11.7. The number of hydrogen-bond acceptors (Lipinski definition) is 7. The van der Waals surface area contributed by atoms with Gasteiger partial charge in [-0.25, -0.2) is 35.9 Å². The topological polar surface area (TPSA) is 118 Å². The second-order valence-corrected chi connectivity index (χ2v) is 18.9. The van der Waals surface area contributed by atoms with E-state index >= 15 is 4.79 Å². The van der Waals surface area contributed by atoms with E-state index in [4.69, 9.17) is 21.6 Å². The van der Waals surface area contributed by atoms with Crippen LogP contribution in [-0.2, 0) is 16.3 Å². The zero-order chi connectivity index (χ0) is 41.4. The fourth-order valence-corrected chi connectivity index (χ4v) is 8.50. The first-order valence-electron chi connectivity index (χ1n) is 19.3. The Morgan fingerprint density at radius 2 is 1.66 bits per heavy atom. The van der Waals surface area contributed by atoms with Crippen LogP contribution >= 0.6 is 11.6 Å². The minimum absolute atomic E-state index is 0.0786. The van der Waals surface area contributed by atoms with E-state index < -0.39 is 44.1 Å². The van der Waals surface area contributed by atoms with E-state index in [1.807, 2.05) is 20.8 Å². The molecule has 0 amide bonds. The van der Waals surface area contributed by atoms with Gasteiger partial charge in [0.1, 0.15) is 22.7 Å². The largest absolute Gasteiger partial charge is 0.380 e. The van der Waals surface area contributed by atoms with Gasteiger partial charge in [-0.2, -0.15) is 0 Å². The highest BCUT2D eigenvalue weighted by atomic mass is 35.5. The summed E-state index contributed by atoms with van der Waals surface area (Å²) in [7, 11) is -3.75. The molecule has 2 aromatic carbocycles. The van der Waals surface area contributed by atoms with Crippen LogP contribution in [0.1, 0.15) is 120 Å². The number of anilines is 1. The number of nitrogens with zero attached hydrogens (tertiary/aromatic N) is 3. The van der Waals surface area contributed by atoms with Gasteiger partial charge in [-0.15, -0.1) is 0 Å². The summed E-state index contributed by atoms with van der Waals surface area (Å²) in [6.45, 7) is 13.1. The summed E-state index contributed by atoms with van der Waals surface area (Å²) in [4.78, 5) is 25.1. The van der Waals surface area contributed by atoms with Crippen LogP contribution in [0.15, 0.2) is 41.2 Å². The van der Waals surface area contributed by atoms with Crippen molar-refractivity contribution in [2.24, 2.45) is 11.8 Å². The van der Waals surface area contributed by atoms with Crippen molar-refractivity contribution in [3.8, 4) is 5.69 Å². The van der Waals surface area contributed by atoms with Crippen molar-refractivity contribution >= 4 is 43.9 Å². The number of pyridine rings is 1. The van der Waals surface area contributed by atoms with Crippen LogP contribution in [-0.4, -0.2) is 52.1 Å². The lowest BCUT2D eigenvalue weighted by Gasteiger charge is -2.29. The second-order valence-electron chi connectivity index (χ2n) is 16.1. The average molecular weight is 818 g/mol. The van der Waals surface area contributed by atoms with E-state index in [9.17, 15) is 31.4 Å². The quantitative estimate of drug-likeness (QED) is 0.0967. The summed E-state index contributed by atoms with van der Waals surface area (Å²) < 4.78 is 84.5. The fraction of sp³-hybridized carbons (Fsp3) is 0.524. The lowest BCUT2D eigenvalue weighted by Crippen LogP contribution is -2.32. The van der Waals surface area contributed by atoms with Crippen LogP contribution in [0.5, 0.6) is 0 Å². The van der Waals surface area contributed by atoms with Crippen molar-refractivity contribution in [1.82, 2.24) is 14.5 Å². The first kappa shape index (κ1) is 43.3. The van der Waals surface area contributed by atoms with Crippen molar-refractivity contribution < 1.29 is 26.0 Å². The van der Waals surface area contributed by atoms with E-state index in [0.717, 1.165) is 18.7 Å². The van der Waals surface area contributed by atoms with Crippen molar-refractivity contribution in [3.63, 3.8) is 0 Å². The Morgan fingerprint density at radius 3 is 2.23 bits per heavy atom. The van der Waals surface area contributed by atoms with E-state index in [1.165, 1.54) is 29.7 Å². The third-order valence-electron chi connectivity index (χ3n) is 11.3. The molecule has 0 saturated heterocycles. The molecule has 1 saturated carbocycles. The molecular formula is C42H52ClF4N5O3S. The molecule has 2 aromatic heterocycles. The third kappa shape index (κ3) is 9.47. The Bertz CT molecular complexity index is 2270. The number of aromatic nitrogens is 3. The summed E-state index contributed by atoms with van der Waals surface area (Å²) in [5.41, 5.74) is 1.42. The Morgan fingerprint density at radius 1 is 1.04 bits per heavy atom. The minimum Gasteiger partial charge on any atom is -0.380 e. The van der Waals surface area contributed by atoms with Gasteiger partial charge in [0.05, 0.1) is 27.5 Å². The van der Waals surface area contributed by atoms with Gasteiger partial charge >= 0.3 is 0 Å². The molecule has 0 bridgehead atoms. The molecule has 4 aromatic rings. The second kappa shape index (κ2) is 16.9. The van der Waals surface area contributed by atoms with Gasteiger partial charge in [0.2, 0.25) is 5.92 Å². The van der Waals surface area contributed by atoms with Crippen LogP contribution in [0.3, 0.4) is 0 Å². The molecule has 304 valence electrons. The third-order valence-corrected chi connectivity index (χ3v) is 13.1. The van der Waals surface area contributed by atoms with E-state index in [1.54, 1.807) is 19.1 Å². The molecule has 14 heteroatoms. The van der Waals surface area contributed by atoms with Crippen LogP contribution < -0.4 is 10.9 Å². The Kier molecular flexibility index (Phi) is 13.1. The zero-order valence-corrected chi connectivity index (χ0v) is 34.8. The number of rotatable bonds is 14. The summed E-state index contributed by atoms with van der Waals surface area (Å²) in [6.07, 6.45) is 2.63. The monoisotopic (exact) mass is 817 g/mol. The van der Waals surface area contributed by atoms with E-state index in [0.29, 0.717) is 29.2 Å². The lowest BCUT2D eigenvalue weighted by molar-refractivity contribution is -0.0384. The van der Waals surface area contributed by atoms with Crippen molar-refractivity contribution in [1.29, 1.82) is 5.41 Å². The number of sulfone groups is 1. The maximum absolute atomic E-state index is 15.2. The van der Waals surface area contributed by atoms with Gasteiger partial charge in [0.25, 0.3) is 5.56 Å². The Labute approximate surface area is 331 Å². The van der Waals surface area contributed by atoms with Crippen molar-refractivity contribution in [2.75, 3.05) is 11.6 Å². The predicted octanol–water partition coefficient (Wildman–Crippen LogP) is 10.3. The zero-order valence-electron chi connectivity index (χ0n) is 33.2. The molecule has 1 aliphatic carbocycles. The Hall–Kier alpha value is -3.84. The maximum Gasteiger partial charge on any atom is 0.267 e. The number of hydrogen-bond donors (Lipinski definition) is 2. The maximum atomic E-state index is 15.2. The number of aryl methyl sites for hydroxylation is 1. The highest BCUT2D eigenvalue weighted by Crippen LogP contribution is 2.42. The summed E-state index contributed by atoms with van der Waals surface area (Å²) >= 11 is 6.85. The first-order valence-corrected chi connectivity index (χ1v) is 21.6. The number of alkyl halides is 2. The van der Waals surface area contributed by atoms with Gasteiger partial charge in [-0.3, -0.25) is 9.36 Å². The number of nitrogens with one attached hydrogen (secondary N) is 2. The molecule has 1 aliphatic rings. The van der Waals surface area contributed by atoms with Crippen molar-refractivity contribution in [3.05, 3.63) is 91.6 Å².